The van der Waals surface area contributed by atoms with Crippen LogP contribution in [0.5, 0.6) is 0 Å². The third kappa shape index (κ3) is 1.04. The van der Waals surface area contributed by atoms with E-state index in [9.17, 15) is 0 Å². The van der Waals surface area contributed by atoms with Gasteiger partial charge in [-0.1, -0.05) is 42.5 Å². The van der Waals surface area contributed by atoms with Crippen molar-refractivity contribution in [3.8, 4) is 0 Å². The molecule has 0 unspecified atom stereocenters. The van der Waals surface area contributed by atoms with Crippen LogP contribution in [0.25, 0.3) is 0 Å². The summed E-state index contributed by atoms with van der Waals surface area (Å²) in [5, 5.41) is 3.73. The molecule has 1 N–H and O–H groups in total. The second kappa shape index (κ2) is 2.92. The molecule has 2 aromatic rings. The fourth-order valence-corrected chi connectivity index (χ4v) is 3.59. The van der Waals surface area contributed by atoms with Gasteiger partial charge in [-0.2, -0.15) is 0 Å². The second-order valence-electron chi connectivity index (χ2n) is 5.33. The van der Waals surface area contributed by atoms with E-state index in [4.69, 9.17) is 0 Å². The number of benzene rings is 2. The molecule has 1 heteroatoms. The van der Waals surface area contributed by atoms with E-state index in [-0.39, 0.29) is 5.54 Å². The highest BCUT2D eigenvalue weighted by Gasteiger charge is 2.48. The van der Waals surface area contributed by atoms with E-state index >= 15 is 0 Å². The minimum atomic E-state index is 0.0975. The Morgan fingerprint density at radius 3 is 2.76 bits per heavy atom. The van der Waals surface area contributed by atoms with E-state index in [2.05, 4.69) is 60.8 Å². The maximum atomic E-state index is 3.73. The Morgan fingerprint density at radius 2 is 1.82 bits per heavy atom. The second-order valence-corrected chi connectivity index (χ2v) is 5.33. The number of rotatable bonds is 0. The number of nitrogens with one attached hydrogen (secondary N) is 1. The Labute approximate surface area is 101 Å². The molecule has 1 aliphatic heterocycles. The van der Waals surface area contributed by atoms with Gasteiger partial charge in [0.1, 0.15) is 0 Å². The third-order valence-corrected chi connectivity index (χ3v) is 4.43. The highest BCUT2D eigenvalue weighted by atomic mass is 15.0. The van der Waals surface area contributed by atoms with E-state index in [1.165, 1.54) is 22.4 Å². The van der Waals surface area contributed by atoms with Gasteiger partial charge in [0.2, 0.25) is 0 Å². The van der Waals surface area contributed by atoms with Crippen LogP contribution in [0.15, 0.2) is 48.5 Å². The van der Waals surface area contributed by atoms with Crippen molar-refractivity contribution < 1.29 is 0 Å². The van der Waals surface area contributed by atoms with Crippen molar-refractivity contribution in [3.63, 3.8) is 0 Å². The summed E-state index contributed by atoms with van der Waals surface area (Å²) in [6.45, 7) is 2.34. The summed E-state index contributed by atoms with van der Waals surface area (Å²) in [5.74, 6) is 0.594. The molecule has 0 radical (unpaired) electrons. The number of fused-ring (bicyclic) bond motifs is 5. The Bertz CT molecular complexity index is 602. The van der Waals surface area contributed by atoms with E-state index in [1.54, 1.807) is 0 Å². The van der Waals surface area contributed by atoms with Gasteiger partial charge in [0.25, 0.3) is 0 Å². The zero-order chi connectivity index (χ0) is 11.5. The molecule has 0 saturated carbocycles. The molecule has 0 amide bonds. The number of anilines is 1. The zero-order valence-corrected chi connectivity index (χ0v) is 9.90. The summed E-state index contributed by atoms with van der Waals surface area (Å²) in [7, 11) is 0. The van der Waals surface area contributed by atoms with E-state index in [1.807, 2.05) is 0 Å². The molecule has 84 valence electrons. The zero-order valence-electron chi connectivity index (χ0n) is 9.90. The predicted octanol–water partition coefficient (Wildman–Crippen LogP) is 3.67. The largest absolute Gasteiger partial charge is 0.375 e. The molecule has 2 aromatic carbocycles. The Kier molecular flexibility index (Phi) is 1.60. The van der Waals surface area contributed by atoms with E-state index in [0.717, 1.165) is 6.42 Å². The van der Waals surface area contributed by atoms with Gasteiger partial charge in [0.05, 0.1) is 5.54 Å². The minimum absolute atomic E-state index is 0.0975. The van der Waals surface area contributed by atoms with Crippen molar-refractivity contribution in [2.45, 2.75) is 24.8 Å². The van der Waals surface area contributed by atoms with E-state index in [0.29, 0.717) is 5.92 Å². The van der Waals surface area contributed by atoms with Crippen LogP contribution < -0.4 is 5.32 Å². The fourth-order valence-electron chi connectivity index (χ4n) is 3.59. The van der Waals surface area contributed by atoms with Crippen LogP contribution in [0.3, 0.4) is 0 Å². The molecule has 4 rings (SSSR count). The Balaban J connectivity index is 1.93. The van der Waals surface area contributed by atoms with Crippen molar-refractivity contribution in [2.75, 3.05) is 5.32 Å². The lowest BCUT2D eigenvalue weighted by Crippen LogP contribution is -2.29. The summed E-state index contributed by atoms with van der Waals surface area (Å²) in [6.07, 6.45) is 1.16. The van der Waals surface area contributed by atoms with Gasteiger partial charge in [-0.3, -0.25) is 0 Å². The summed E-state index contributed by atoms with van der Waals surface area (Å²) in [6, 6.07) is 17.6. The van der Waals surface area contributed by atoms with Crippen LogP contribution in [0, 0.1) is 0 Å². The lowest BCUT2D eigenvalue weighted by Gasteiger charge is -2.26. The van der Waals surface area contributed by atoms with Crippen molar-refractivity contribution in [2.24, 2.45) is 0 Å². The molecular formula is C16H15N. The maximum absolute atomic E-state index is 3.73. The number of hydrogen-bond donors (Lipinski definition) is 1. The Hall–Kier alpha value is -1.76. The highest BCUT2D eigenvalue weighted by molar-refractivity contribution is 5.66. The smallest absolute Gasteiger partial charge is 0.0672 e. The molecule has 17 heavy (non-hydrogen) atoms. The van der Waals surface area contributed by atoms with Gasteiger partial charge in [-0.05, 0) is 36.1 Å². The van der Waals surface area contributed by atoms with Crippen LogP contribution in [0.1, 0.15) is 29.5 Å². The van der Waals surface area contributed by atoms with Crippen molar-refractivity contribution >= 4 is 5.69 Å². The van der Waals surface area contributed by atoms with Crippen LogP contribution in [-0.4, -0.2) is 0 Å². The van der Waals surface area contributed by atoms with Gasteiger partial charge in [-0.25, -0.2) is 0 Å². The van der Waals surface area contributed by atoms with Gasteiger partial charge >= 0.3 is 0 Å². The SMILES string of the molecule is C[C@@]12Nc3ccccc3[C@@H]1Cc1ccccc12. The molecule has 0 bridgehead atoms. The van der Waals surface area contributed by atoms with Crippen LogP contribution in [0.4, 0.5) is 5.69 Å². The van der Waals surface area contributed by atoms with Crippen LogP contribution in [-0.2, 0) is 12.0 Å². The van der Waals surface area contributed by atoms with Crippen LogP contribution >= 0.6 is 0 Å². The van der Waals surface area contributed by atoms with Crippen LogP contribution in [0.2, 0.25) is 0 Å². The van der Waals surface area contributed by atoms with Gasteiger partial charge in [0, 0.05) is 11.6 Å². The van der Waals surface area contributed by atoms with Gasteiger partial charge < -0.3 is 5.32 Å². The lowest BCUT2D eigenvalue weighted by atomic mass is 9.85. The molecule has 0 fully saturated rings. The Morgan fingerprint density at radius 1 is 1.06 bits per heavy atom. The van der Waals surface area contributed by atoms with Gasteiger partial charge in [-0.15, -0.1) is 0 Å². The molecule has 0 spiro atoms. The molecule has 0 saturated heterocycles. The quantitative estimate of drug-likeness (QED) is 0.715. The van der Waals surface area contributed by atoms with Crippen molar-refractivity contribution in [3.05, 3.63) is 65.2 Å². The summed E-state index contributed by atoms with van der Waals surface area (Å²) < 4.78 is 0. The summed E-state index contributed by atoms with van der Waals surface area (Å²) >= 11 is 0. The molecule has 2 aliphatic rings. The fraction of sp³-hybridized carbons (Fsp3) is 0.250. The monoisotopic (exact) mass is 221 g/mol. The van der Waals surface area contributed by atoms with E-state index < -0.39 is 0 Å². The molecule has 1 nitrogen and oxygen atoms in total. The maximum Gasteiger partial charge on any atom is 0.0672 e. The average Bonchev–Trinajstić information content (AvgIpc) is 2.79. The first-order valence-corrected chi connectivity index (χ1v) is 6.24. The summed E-state index contributed by atoms with van der Waals surface area (Å²) in [5.41, 5.74) is 5.87. The van der Waals surface area contributed by atoms with Crippen molar-refractivity contribution in [1.82, 2.24) is 0 Å². The molecule has 0 aromatic heterocycles. The average molecular weight is 221 g/mol. The molecule has 1 aliphatic carbocycles. The third-order valence-electron chi connectivity index (χ3n) is 4.43. The van der Waals surface area contributed by atoms with Crippen molar-refractivity contribution in [1.29, 1.82) is 0 Å². The number of hydrogen-bond acceptors (Lipinski definition) is 1. The standard InChI is InChI=1S/C16H15N/c1-16-13-8-4-2-6-11(13)10-14(16)12-7-3-5-9-15(12)17-16/h2-9,14,17H,10H2,1H3/t14-,16-/m0/s1. The number of para-hydroxylation sites is 1. The van der Waals surface area contributed by atoms with Gasteiger partial charge in [0.15, 0.2) is 0 Å². The molecular weight excluding hydrogens is 206 g/mol. The minimum Gasteiger partial charge on any atom is -0.375 e. The molecule has 1 heterocycles. The lowest BCUT2D eigenvalue weighted by molar-refractivity contribution is 0.491. The predicted molar refractivity (Wildman–Crippen MR) is 70.3 cm³/mol. The normalized spacial score (nSPS) is 28.2. The first kappa shape index (κ1) is 9.29. The topological polar surface area (TPSA) is 12.0 Å². The first-order valence-electron chi connectivity index (χ1n) is 6.24. The highest BCUT2D eigenvalue weighted by Crippen LogP contribution is 2.54. The summed E-state index contributed by atoms with van der Waals surface area (Å²) in [4.78, 5) is 0. The molecule has 2 atom stereocenters. The first-order chi connectivity index (χ1) is 8.29.